The number of aromatic nitrogens is 3. The highest BCUT2D eigenvalue weighted by Crippen LogP contribution is 2.41. The van der Waals surface area contributed by atoms with Crippen LogP contribution in [0.5, 0.6) is 0 Å². The van der Waals surface area contributed by atoms with Gasteiger partial charge in [0.05, 0.1) is 24.6 Å². The van der Waals surface area contributed by atoms with E-state index < -0.39 is 66.2 Å². The summed E-state index contributed by atoms with van der Waals surface area (Å²) in [5.41, 5.74) is 0.149. The summed E-state index contributed by atoms with van der Waals surface area (Å²) in [7, 11) is 1.42. The first-order chi connectivity index (χ1) is 19.1. The topological polar surface area (TPSA) is 161 Å². The van der Waals surface area contributed by atoms with Crippen molar-refractivity contribution < 1.29 is 47.6 Å². The van der Waals surface area contributed by atoms with Gasteiger partial charge in [0.15, 0.2) is 17.5 Å². The van der Waals surface area contributed by atoms with E-state index in [1.54, 1.807) is 0 Å². The number of nitrogens with one attached hydrogen (secondary N) is 1. The molecule has 1 aromatic heterocycles. The van der Waals surface area contributed by atoms with Crippen molar-refractivity contribution in [1.82, 2.24) is 20.3 Å². The van der Waals surface area contributed by atoms with Crippen LogP contribution < -0.4 is 5.32 Å². The number of amides is 1. The minimum atomic E-state index is -1.60. The number of rotatable bonds is 7. The monoisotopic (exact) mass is 569 g/mol. The number of aliphatic hydroxyl groups excluding tert-OH is 2. The second-order valence-electron chi connectivity index (χ2n) is 10.5. The van der Waals surface area contributed by atoms with E-state index in [1.807, 2.05) is 0 Å². The number of nitrogens with zero attached hydrogens (tertiary/aromatic N) is 4. The molecule has 3 heterocycles. The summed E-state index contributed by atoms with van der Waals surface area (Å²) >= 11 is 0. The van der Waals surface area contributed by atoms with Crippen LogP contribution in [-0.4, -0.2) is 91.9 Å². The number of carboxylic acid groups (broad SMARTS) is 1. The zero-order valence-electron chi connectivity index (χ0n) is 21.5. The first-order valence-electron chi connectivity index (χ1n) is 12.9. The number of oxime groups is 1. The molecule has 1 aromatic carbocycles. The number of hydrogen-bond donors (Lipinski definition) is 4. The van der Waals surface area contributed by atoms with E-state index in [-0.39, 0.29) is 23.7 Å². The largest absolute Gasteiger partial charge is 0.465 e. The van der Waals surface area contributed by atoms with Gasteiger partial charge in [-0.1, -0.05) is 10.4 Å². The van der Waals surface area contributed by atoms with E-state index in [0.717, 1.165) is 12.1 Å². The molecule has 3 aliphatic rings. The SMILES string of the molecule is CO[C@@H]1[C@@H](n2cc(-c3cc(F)c(F)c(F)c3)nn2)[C@@H](O)[C@@H](CO)O[C@@H]1CC1=NOC2(CCC(NC(=O)O)CC2)C1. The molecule has 4 N–H and O–H groups in total. The molecular weight excluding hydrogens is 539 g/mol. The molecule has 2 aromatic rings. The highest BCUT2D eigenvalue weighted by molar-refractivity contribution is 5.86. The van der Waals surface area contributed by atoms with Gasteiger partial charge in [0.2, 0.25) is 0 Å². The third kappa shape index (κ3) is 5.50. The molecule has 218 valence electrons. The smallest absolute Gasteiger partial charge is 0.404 e. The number of aliphatic hydroxyl groups is 2. The second kappa shape index (κ2) is 11.3. The third-order valence-electron chi connectivity index (χ3n) is 7.89. The van der Waals surface area contributed by atoms with Crippen LogP contribution in [-0.2, 0) is 14.3 Å². The zero-order chi connectivity index (χ0) is 28.6. The van der Waals surface area contributed by atoms with E-state index in [2.05, 4.69) is 20.8 Å². The number of methoxy groups -OCH3 is 1. The third-order valence-corrected chi connectivity index (χ3v) is 7.89. The molecule has 5 rings (SSSR count). The Morgan fingerprint density at radius 3 is 2.55 bits per heavy atom. The summed E-state index contributed by atoms with van der Waals surface area (Å²) in [4.78, 5) is 16.8. The molecule has 0 bridgehead atoms. The van der Waals surface area contributed by atoms with Gasteiger partial charge >= 0.3 is 6.09 Å². The van der Waals surface area contributed by atoms with Crippen LogP contribution in [0.1, 0.15) is 44.6 Å². The van der Waals surface area contributed by atoms with Gasteiger partial charge < -0.3 is 34.9 Å². The molecule has 2 fully saturated rings. The molecule has 2 aliphatic heterocycles. The summed E-state index contributed by atoms with van der Waals surface area (Å²) < 4.78 is 54.0. The Bertz CT molecular complexity index is 1250. The molecule has 1 saturated heterocycles. The summed E-state index contributed by atoms with van der Waals surface area (Å²) in [6.45, 7) is -0.509. The van der Waals surface area contributed by atoms with Crippen LogP contribution in [0.3, 0.4) is 0 Å². The molecule has 1 spiro atoms. The standard InChI is InChI=1S/C25H30F3N5O7/c1-38-23-18(8-14-9-25(40-31-14)4-2-13(3-5-25)29-24(36)37)39-19(11-34)22(35)21(23)33-10-17(30-32-33)12-6-15(26)20(28)16(27)7-12/h6-7,10,13,18-19,21-23,29,34-35H,2-5,8-9,11H2,1H3,(H,36,37)/t13?,18-,19-,21+,22+,23+,25?/m1/s1. The maximum absolute atomic E-state index is 13.8. The Kier molecular flexibility index (Phi) is 7.99. The van der Waals surface area contributed by atoms with Gasteiger partial charge in [-0.2, -0.15) is 0 Å². The minimum Gasteiger partial charge on any atom is -0.465 e. The normalized spacial score (nSPS) is 32.1. The van der Waals surface area contributed by atoms with Crippen molar-refractivity contribution in [3.63, 3.8) is 0 Å². The average Bonchev–Trinajstić information content (AvgIpc) is 3.56. The molecule has 12 nitrogen and oxygen atoms in total. The zero-order valence-corrected chi connectivity index (χ0v) is 21.5. The van der Waals surface area contributed by atoms with Gasteiger partial charge in [-0.3, -0.25) is 0 Å². The van der Waals surface area contributed by atoms with Crippen molar-refractivity contribution in [2.24, 2.45) is 5.16 Å². The molecule has 0 radical (unpaired) electrons. The van der Waals surface area contributed by atoms with E-state index in [9.17, 15) is 28.2 Å². The van der Waals surface area contributed by atoms with Crippen molar-refractivity contribution in [3.05, 3.63) is 35.8 Å². The molecule has 1 aliphatic carbocycles. The molecule has 1 amide bonds. The van der Waals surface area contributed by atoms with E-state index >= 15 is 0 Å². The highest BCUT2D eigenvalue weighted by atomic mass is 19.2. The fourth-order valence-electron chi connectivity index (χ4n) is 5.86. The lowest BCUT2D eigenvalue weighted by Gasteiger charge is -2.43. The van der Waals surface area contributed by atoms with Crippen LogP contribution in [0, 0.1) is 17.5 Å². The maximum Gasteiger partial charge on any atom is 0.404 e. The second-order valence-corrected chi connectivity index (χ2v) is 10.5. The van der Waals surface area contributed by atoms with Gasteiger partial charge in [-0.25, -0.2) is 22.6 Å². The Morgan fingerprint density at radius 1 is 1.23 bits per heavy atom. The molecular formula is C25H30F3N5O7. The number of ether oxygens (including phenoxy) is 2. The maximum atomic E-state index is 13.8. The lowest BCUT2D eigenvalue weighted by atomic mass is 9.78. The Hall–Kier alpha value is -3.27. The average molecular weight is 570 g/mol. The molecule has 0 unspecified atom stereocenters. The van der Waals surface area contributed by atoms with Crippen LogP contribution >= 0.6 is 0 Å². The van der Waals surface area contributed by atoms with Gasteiger partial charge in [0.25, 0.3) is 0 Å². The fourth-order valence-corrected chi connectivity index (χ4v) is 5.86. The molecule has 1 saturated carbocycles. The number of carbonyl (C=O) groups is 1. The quantitative estimate of drug-likeness (QED) is 0.366. The first-order valence-corrected chi connectivity index (χ1v) is 12.9. The fraction of sp³-hybridized carbons (Fsp3) is 0.600. The molecule has 5 atom stereocenters. The Balaban J connectivity index is 1.32. The van der Waals surface area contributed by atoms with Gasteiger partial charge in [-0.15, -0.1) is 5.10 Å². The lowest BCUT2D eigenvalue weighted by Crippen LogP contribution is -2.57. The predicted molar refractivity (Wildman–Crippen MR) is 131 cm³/mol. The summed E-state index contributed by atoms with van der Waals surface area (Å²) in [6, 6.07) is 0.532. The summed E-state index contributed by atoms with van der Waals surface area (Å²) in [5.74, 6) is -4.36. The lowest BCUT2D eigenvalue weighted by molar-refractivity contribution is -0.210. The summed E-state index contributed by atoms with van der Waals surface area (Å²) in [6.07, 6.45) is -0.252. The molecule has 40 heavy (non-hydrogen) atoms. The van der Waals surface area contributed by atoms with E-state index in [0.29, 0.717) is 37.8 Å². The van der Waals surface area contributed by atoms with Crippen molar-refractivity contribution in [1.29, 1.82) is 0 Å². The predicted octanol–water partition coefficient (Wildman–Crippen LogP) is 2.15. The van der Waals surface area contributed by atoms with Crippen molar-refractivity contribution in [2.45, 2.75) is 80.6 Å². The van der Waals surface area contributed by atoms with Crippen molar-refractivity contribution in [2.75, 3.05) is 13.7 Å². The van der Waals surface area contributed by atoms with E-state index in [4.69, 9.17) is 19.4 Å². The molecule has 15 heteroatoms. The van der Waals surface area contributed by atoms with Gasteiger partial charge in [-0.05, 0) is 37.8 Å². The number of halogens is 3. The van der Waals surface area contributed by atoms with E-state index in [1.165, 1.54) is 18.0 Å². The first kappa shape index (κ1) is 28.3. The van der Waals surface area contributed by atoms with Crippen LogP contribution in [0.15, 0.2) is 23.5 Å². The van der Waals surface area contributed by atoms with Gasteiger partial charge in [0, 0.05) is 31.6 Å². The van der Waals surface area contributed by atoms with Gasteiger partial charge in [0.1, 0.15) is 35.6 Å². The summed E-state index contributed by atoms with van der Waals surface area (Å²) in [5, 5.41) is 44.7. The number of hydrogen-bond acceptors (Lipinski definition) is 9. The van der Waals surface area contributed by atoms with Crippen LogP contribution in [0.25, 0.3) is 11.3 Å². The Morgan fingerprint density at radius 2 is 1.93 bits per heavy atom. The van der Waals surface area contributed by atoms with Crippen LogP contribution in [0.4, 0.5) is 18.0 Å². The Labute approximate surface area is 226 Å². The van der Waals surface area contributed by atoms with Crippen molar-refractivity contribution >= 4 is 11.8 Å². The highest BCUT2D eigenvalue weighted by Gasteiger charge is 2.49. The number of benzene rings is 1. The minimum absolute atomic E-state index is 0.0342. The van der Waals surface area contributed by atoms with Crippen molar-refractivity contribution in [3.8, 4) is 11.3 Å². The van der Waals surface area contributed by atoms with Crippen LogP contribution in [0.2, 0.25) is 0 Å².